The van der Waals surface area contributed by atoms with Crippen LogP contribution in [0.4, 0.5) is 0 Å². The first-order valence-electron chi connectivity index (χ1n) is 38.6. The predicted octanol–water partition coefficient (Wildman–Crippen LogP) is 25.3. The molecule has 0 aliphatic carbocycles. The van der Waals surface area contributed by atoms with Crippen molar-refractivity contribution in [3.05, 3.63) is 24.3 Å². The minimum atomic E-state index is -0.665. The van der Waals surface area contributed by atoms with Crippen molar-refractivity contribution < 1.29 is 24.5 Å². The number of amides is 1. The molecule has 1 amide bonds. The van der Waals surface area contributed by atoms with Crippen LogP contribution in [0, 0.1) is 0 Å². The molecule has 0 radical (unpaired) electrons. The van der Waals surface area contributed by atoms with Gasteiger partial charge in [-0.1, -0.05) is 391 Å². The van der Waals surface area contributed by atoms with Gasteiger partial charge in [-0.05, 0) is 57.8 Å². The number of carbonyl (C=O) groups is 2. The van der Waals surface area contributed by atoms with Crippen molar-refractivity contribution in [2.45, 2.75) is 450 Å². The molecular weight excluding hydrogens is 1030 g/mol. The fourth-order valence-corrected chi connectivity index (χ4v) is 12.4. The van der Waals surface area contributed by atoms with Crippen LogP contribution < -0.4 is 5.32 Å². The van der Waals surface area contributed by atoms with E-state index in [2.05, 4.69) is 43.5 Å². The van der Waals surface area contributed by atoms with Gasteiger partial charge in [0.25, 0.3) is 0 Å². The molecule has 2 atom stereocenters. The van der Waals surface area contributed by atoms with Crippen LogP contribution >= 0.6 is 0 Å². The number of rotatable bonds is 73. The van der Waals surface area contributed by atoms with Crippen LogP contribution in [0.15, 0.2) is 24.3 Å². The van der Waals surface area contributed by atoms with Crippen LogP contribution in [-0.4, -0.2) is 47.4 Å². The van der Waals surface area contributed by atoms with Gasteiger partial charge in [0.1, 0.15) is 0 Å². The van der Waals surface area contributed by atoms with Crippen molar-refractivity contribution in [3.63, 3.8) is 0 Å². The topological polar surface area (TPSA) is 95.9 Å². The van der Waals surface area contributed by atoms with Crippen molar-refractivity contribution in [1.82, 2.24) is 5.32 Å². The van der Waals surface area contributed by atoms with E-state index >= 15 is 0 Å². The largest absolute Gasteiger partial charge is 0.466 e. The Labute approximate surface area is 526 Å². The normalized spacial score (nSPS) is 12.6. The van der Waals surface area contributed by atoms with E-state index in [0.29, 0.717) is 25.9 Å². The average Bonchev–Trinajstić information content (AvgIpc) is 3.50. The lowest BCUT2D eigenvalue weighted by Crippen LogP contribution is -2.45. The van der Waals surface area contributed by atoms with Gasteiger partial charge in [-0.25, -0.2) is 0 Å². The number of hydrogen-bond acceptors (Lipinski definition) is 5. The lowest BCUT2D eigenvalue weighted by atomic mass is 10.0. The lowest BCUT2D eigenvalue weighted by Gasteiger charge is -2.22. The summed E-state index contributed by atoms with van der Waals surface area (Å²) in [5.74, 6) is -0.0119. The Hall–Kier alpha value is -1.66. The highest BCUT2D eigenvalue weighted by Gasteiger charge is 2.20. The molecule has 0 aliphatic heterocycles. The summed E-state index contributed by atoms with van der Waals surface area (Å²) in [6.07, 6.45) is 94.0. The van der Waals surface area contributed by atoms with Crippen LogP contribution in [0.3, 0.4) is 0 Å². The van der Waals surface area contributed by atoms with Crippen molar-refractivity contribution >= 4 is 11.9 Å². The minimum absolute atomic E-state index is 0.0177. The van der Waals surface area contributed by atoms with E-state index in [9.17, 15) is 19.8 Å². The summed E-state index contributed by atoms with van der Waals surface area (Å²) < 4.78 is 5.50. The monoisotopic (exact) mass is 1180 g/mol. The molecule has 3 N–H and O–H groups in total. The summed E-state index contributed by atoms with van der Waals surface area (Å²) in [5.41, 5.74) is 0. The van der Waals surface area contributed by atoms with Crippen LogP contribution in [0.25, 0.3) is 0 Å². The summed E-state index contributed by atoms with van der Waals surface area (Å²) in [6, 6.07) is -0.542. The quantitative estimate of drug-likeness (QED) is 0.0320. The number of unbranched alkanes of at least 4 members (excludes halogenated alkanes) is 58. The van der Waals surface area contributed by atoms with Gasteiger partial charge in [-0.3, -0.25) is 9.59 Å². The molecule has 0 aromatic heterocycles. The number of allylic oxidation sites excluding steroid dienone is 4. The molecule has 0 saturated heterocycles. The molecule has 0 aliphatic rings. The highest BCUT2D eigenvalue weighted by molar-refractivity contribution is 5.76. The predicted molar refractivity (Wildman–Crippen MR) is 370 cm³/mol. The minimum Gasteiger partial charge on any atom is -0.466 e. The molecule has 84 heavy (non-hydrogen) atoms. The number of esters is 1. The third kappa shape index (κ3) is 69.4. The van der Waals surface area contributed by atoms with Crippen molar-refractivity contribution in [2.24, 2.45) is 0 Å². The van der Waals surface area contributed by atoms with Gasteiger partial charge in [0.15, 0.2) is 0 Å². The molecule has 0 aromatic rings. The van der Waals surface area contributed by atoms with E-state index in [1.165, 1.54) is 360 Å². The van der Waals surface area contributed by atoms with E-state index in [1.807, 2.05) is 0 Å². The molecule has 6 heteroatoms. The smallest absolute Gasteiger partial charge is 0.305 e. The zero-order valence-corrected chi connectivity index (χ0v) is 57.2. The van der Waals surface area contributed by atoms with Gasteiger partial charge in [0, 0.05) is 12.8 Å². The van der Waals surface area contributed by atoms with Gasteiger partial charge in [-0.15, -0.1) is 0 Å². The maximum absolute atomic E-state index is 12.6. The summed E-state index contributed by atoms with van der Waals surface area (Å²) >= 11 is 0. The SMILES string of the molecule is CCCCCCCCCCCCCCCCCCCCCCC(O)C(CO)NC(=O)CCCCCCCCCCCCCCCCC/C=C\C/C=C\CCCCCCCCCCCOC(=O)CCCCCCCCCCCCCCCCCC. The Bertz CT molecular complexity index is 1320. The van der Waals surface area contributed by atoms with Gasteiger partial charge in [-0.2, -0.15) is 0 Å². The number of aliphatic hydroxyl groups is 2. The Kier molecular flexibility index (Phi) is 72.3. The number of hydrogen-bond donors (Lipinski definition) is 3. The molecule has 0 bridgehead atoms. The van der Waals surface area contributed by atoms with Crippen LogP contribution in [0.2, 0.25) is 0 Å². The second-order valence-corrected chi connectivity index (χ2v) is 26.7. The molecule has 0 spiro atoms. The highest BCUT2D eigenvalue weighted by atomic mass is 16.5. The maximum atomic E-state index is 12.6. The molecule has 0 heterocycles. The Morgan fingerprint density at radius 1 is 0.333 bits per heavy atom. The first kappa shape index (κ1) is 82.3. The van der Waals surface area contributed by atoms with Gasteiger partial charge >= 0.3 is 5.97 Å². The second kappa shape index (κ2) is 73.8. The number of nitrogens with one attached hydrogen (secondary N) is 1. The zero-order valence-electron chi connectivity index (χ0n) is 57.2. The molecule has 2 unspecified atom stereocenters. The van der Waals surface area contributed by atoms with E-state index in [4.69, 9.17) is 4.74 Å². The molecule has 0 saturated carbocycles. The first-order chi connectivity index (χ1) is 41.5. The number of aliphatic hydroxyl groups excluding tert-OH is 2. The Morgan fingerprint density at radius 3 is 0.905 bits per heavy atom. The summed E-state index contributed by atoms with van der Waals surface area (Å²) in [5, 5.41) is 23.4. The van der Waals surface area contributed by atoms with Gasteiger partial charge in [0.2, 0.25) is 5.91 Å². The molecule has 0 fully saturated rings. The second-order valence-electron chi connectivity index (χ2n) is 26.7. The lowest BCUT2D eigenvalue weighted by molar-refractivity contribution is -0.143. The van der Waals surface area contributed by atoms with Crippen molar-refractivity contribution in [1.29, 1.82) is 0 Å². The van der Waals surface area contributed by atoms with Gasteiger partial charge < -0.3 is 20.3 Å². The number of carbonyl (C=O) groups excluding carboxylic acids is 2. The highest BCUT2D eigenvalue weighted by Crippen LogP contribution is 2.20. The fraction of sp³-hybridized carbons (Fsp3) is 0.923. The zero-order chi connectivity index (χ0) is 60.6. The van der Waals surface area contributed by atoms with E-state index in [0.717, 1.165) is 44.9 Å². The third-order valence-corrected chi connectivity index (χ3v) is 18.3. The standard InChI is InChI=1S/C78H151NO5/c1-3-5-7-9-11-13-15-17-19-21-22-36-39-42-46-50-54-58-62-66-70-76(81)75(74-80)79-77(82)71-67-63-59-55-51-47-43-40-37-34-32-30-28-26-24-23-25-27-29-31-33-35-38-41-45-49-53-57-61-65-69-73-84-78(83)72-68-64-60-56-52-48-44-20-18-16-14-12-10-8-6-4-2/h25,27,31,33,75-76,80-81H,3-24,26,28-30,32,34-74H2,1-2H3,(H,79,82)/b27-25-,33-31-. The van der Waals surface area contributed by atoms with E-state index in [1.54, 1.807) is 0 Å². The summed E-state index contributed by atoms with van der Waals surface area (Å²) in [6.45, 7) is 5.00. The van der Waals surface area contributed by atoms with Crippen LogP contribution in [0.1, 0.15) is 438 Å². The number of ether oxygens (including phenoxy) is 1. The average molecular weight is 1180 g/mol. The molecular formula is C78H151NO5. The Balaban J connectivity index is 3.38. The van der Waals surface area contributed by atoms with Crippen molar-refractivity contribution in [2.75, 3.05) is 13.2 Å². The third-order valence-electron chi connectivity index (χ3n) is 18.3. The van der Waals surface area contributed by atoms with Crippen LogP contribution in [0.5, 0.6) is 0 Å². The molecule has 498 valence electrons. The van der Waals surface area contributed by atoms with Crippen molar-refractivity contribution in [3.8, 4) is 0 Å². The van der Waals surface area contributed by atoms with E-state index in [-0.39, 0.29) is 18.5 Å². The maximum Gasteiger partial charge on any atom is 0.305 e. The summed E-state index contributed by atoms with van der Waals surface area (Å²) in [4.78, 5) is 24.6. The molecule has 0 aromatic carbocycles. The van der Waals surface area contributed by atoms with Crippen LogP contribution in [-0.2, 0) is 14.3 Å². The Morgan fingerprint density at radius 2 is 0.595 bits per heavy atom. The summed E-state index contributed by atoms with van der Waals surface area (Å²) in [7, 11) is 0. The molecule has 6 nitrogen and oxygen atoms in total. The van der Waals surface area contributed by atoms with E-state index < -0.39 is 12.1 Å². The fourth-order valence-electron chi connectivity index (χ4n) is 12.4. The first-order valence-corrected chi connectivity index (χ1v) is 38.6. The molecule has 0 rings (SSSR count). The van der Waals surface area contributed by atoms with Gasteiger partial charge in [0.05, 0.1) is 25.4 Å².